The topological polar surface area (TPSA) is 24.9 Å². The van der Waals surface area contributed by atoms with Crippen molar-refractivity contribution in [3.63, 3.8) is 0 Å². The maximum atomic E-state index is 4.30. The fourth-order valence-corrected chi connectivity index (χ4v) is 1.86. The molecule has 0 saturated heterocycles. The minimum absolute atomic E-state index is 0.774. The zero-order chi connectivity index (χ0) is 11.2. The average Bonchev–Trinajstić information content (AvgIpc) is 2.33. The first-order chi connectivity index (χ1) is 7.86. The minimum Gasteiger partial charge on any atom is -0.307 e. The van der Waals surface area contributed by atoms with Gasteiger partial charge in [-0.2, -0.15) is 0 Å². The predicted molar refractivity (Wildman–Crippen MR) is 68.9 cm³/mol. The van der Waals surface area contributed by atoms with Gasteiger partial charge in [-0.15, -0.1) is 0 Å². The SMILES string of the molecule is Brc1cccnc1CNCc1ccccc1. The van der Waals surface area contributed by atoms with E-state index < -0.39 is 0 Å². The summed E-state index contributed by atoms with van der Waals surface area (Å²) in [5.74, 6) is 0. The molecule has 1 N–H and O–H groups in total. The number of nitrogens with one attached hydrogen (secondary N) is 1. The summed E-state index contributed by atoms with van der Waals surface area (Å²) in [5.41, 5.74) is 2.33. The van der Waals surface area contributed by atoms with Crippen LogP contribution in [0.3, 0.4) is 0 Å². The Balaban J connectivity index is 1.87. The van der Waals surface area contributed by atoms with E-state index in [4.69, 9.17) is 0 Å². The largest absolute Gasteiger partial charge is 0.307 e. The molecule has 0 fully saturated rings. The van der Waals surface area contributed by atoms with Gasteiger partial charge in [-0.3, -0.25) is 4.98 Å². The molecule has 0 unspecified atom stereocenters. The predicted octanol–water partition coefficient (Wildman–Crippen LogP) is 3.13. The summed E-state index contributed by atoms with van der Waals surface area (Å²) < 4.78 is 1.05. The highest BCUT2D eigenvalue weighted by molar-refractivity contribution is 9.10. The quantitative estimate of drug-likeness (QED) is 0.928. The Morgan fingerprint density at radius 2 is 1.81 bits per heavy atom. The first kappa shape index (κ1) is 11.3. The third-order valence-electron chi connectivity index (χ3n) is 2.30. The van der Waals surface area contributed by atoms with Crippen molar-refractivity contribution < 1.29 is 0 Å². The lowest BCUT2D eigenvalue weighted by Gasteiger charge is -2.05. The third-order valence-corrected chi connectivity index (χ3v) is 3.02. The van der Waals surface area contributed by atoms with Gasteiger partial charge in [0.15, 0.2) is 0 Å². The summed E-state index contributed by atoms with van der Waals surface area (Å²) >= 11 is 3.48. The van der Waals surface area contributed by atoms with Crippen molar-refractivity contribution in [3.05, 3.63) is 64.4 Å². The summed E-state index contributed by atoms with van der Waals surface area (Å²) in [7, 11) is 0. The van der Waals surface area contributed by atoms with Crippen LogP contribution in [0.25, 0.3) is 0 Å². The van der Waals surface area contributed by atoms with Gasteiger partial charge in [0.05, 0.1) is 5.69 Å². The Morgan fingerprint density at radius 3 is 2.56 bits per heavy atom. The molecule has 1 heterocycles. The van der Waals surface area contributed by atoms with Crippen molar-refractivity contribution in [3.8, 4) is 0 Å². The van der Waals surface area contributed by atoms with Crippen LogP contribution in [-0.2, 0) is 13.1 Å². The molecule has 0 spiro atoms. The standard InChI is InChI=1S/C13H13BrN2/c14-12-7-4-8-16-13(12)10-15-9-11-5-2-1-3-6-11/h1-8,15H,9-10H2. The lowest BCUT2D eigenvalue weighted by atomic mass is 10.2. The Hall–Kier alpha value is -1.19. The smallest absolute Gasteiger partial charge is 0.0683 e. The maximum Gasteiger partial charge on any atom is 0.0683 e. The van der Waals surface area contributed by atoms with Crippen molar-refractivity contribution >= 4 is 15.9 Å². The highest BCUT2D eigenvalue weighted by Gasteiger charge is 1.99. The van der Waals surface area contributed by atoms with Gasteiger partial charge in [0, 0.05) is 23.8 Å². The highest BCUT2D eigenvalue weighted by atomic mass is 79.9. The summed E-state index contributed by atoms with van der Waals surface area (Å²) in [6.07, 6.45) is 1.81. The zero-order valence-electron chi connectivity index (χ0n) is 8.86. The Morgan fingerprint density at radius 1 is 1.00 bits per heavy atom. The summed E-state index contributed by atoms with van der Waals surface area (Å²) in [6.45, 7) is 1.64. The molecule has 0 amide bonds. The van der Waals surface area contributed by atoms with Crippen LogP contribution in [0.15, 0.2) is 53.1 Å². The molecule has 82 valence electrons. The van der Waals surface area contributed by atoms with Crippen molar-refractivity contribution in [2.75, 3.05) is 0 Å². The highest BCUT2D eigenvalue weighted by Crippen LogP contribution is 2.12. The van der Waals surface area contributed by atoms with E-state index in [1.54, 1.807) is 0 Å². The molecule has 1 aromatic heterocycles. The van der Waals surface area contributed by atoms with Gasteiger partial charge in [0.25, 0.3) is 0 Å². The van der Waals surface area contributed by atoms with E-state index in [1.807, 2.05) is 36.5 Å². The van der Waals surface area contributed by atoms with E-state index in [0.29, 0.717) is 0 Å². The number of aromatic nitrogens is 1. The summed E-state index contributed by atoms with van der Waals surface area (Å²) in [6, 6.07) is 14.3. The van der Waals surface area contributed by atoms with E-state index in [9.17, 15) is 0 Å². The Bertz CT molecular complexity index is 443. The van der Waals surface area contributed by atoms with Crippen molar-refractivity contribution in [2.45, 2.75) is 13.1 Å². The van der Waals surface area contributed by atoms with Crippen LogP contribution in [-0.4, -0.2) is 4.98 Å². The van der Waals surface area contributed by atoms with Crippen LogP contribution in [0.1, 0.15) is 11.3 Å². The number of halogens is 1. The molecule has 3 heteroatoms. The van der Waals surface area contributed by atoms with Gasteiger partial charge in [0.2, 0.25) is 0 Å². The van der Waals surface area contributed by atoms with Gasteiger partial charge in [-0.05, 0) is 33.6 Å². The molecule has 0 radical (unpaired) electrons. The molecule has 0 aliphatic rings. The molecule has 2 nitrogen and oxygen atoms in total. The maximum absolute atomic E-state index is 4.30. The first-order valence-electron chi connectivity index (χ1n) is 5.20. The molecule has 0 bridgehead atoms. The molecule has 2 rings (SSSR count). The molecule has 16 heavy (non-hydrogen) atoms. The molecule has 0 aliphatic heterocycles. The normalized spacial score (nSPS) is 10.3. The molecule has 0 saturated carbocycles. The minimum atomic E-state index is 0.774. The second-order valence-electron chi connectivity index (χ2n) is 3.52. The average molecular weight is 277 g/mol. The lowest BCUT2D eigenvalue weighted by Crippen LogP contribution is -2.13. The van der Waals surface area contributed by atoms with Gasteiger partial charge in [-0.1, -0.05) is 30.3 Å². The number of benzene rings is 1. The van der Waals surface area contributed by atoms with Crippen molar-refractivity contribution in [2.24, 2.45) is 0 Å². The summed E-state index contributed by atoms with van der Waals surface area (Å²) in [4.78, 5) is 4.30. The van der Waals surface area contributed by atoms with Gasteiger partial charge < -0.3 is 5.32 Å². The van der Waals surface area contributed by atoms with E-state index in [-0.39, 0.29) is 0 Å². The van der Waals surface area contributed by atoms with Crippen molar-refractivity contribution in [1.82, 2.24) is 10.3 Å². The zero-order valence-corrected chi connectivity index (χ0v) is 10.4. The fourth-order valence-electron chi connectivity index (χ4n) is 1.47. The molecule has 1 aromatic carbocycles. The fraction of sp³-hybridized carbons (Fsp3) is 0.154. The lowest BCUT2D eigenvalue weighted by molar-refractivity contribution is 0.677. The summed E-state index contributed by atoms with van der Waals surface area (Å²) in [5, 5.41) is 3.37. The van der Waals surface area contributed by atoms with E-state index in [0.717, 1.165) is 23.3 Å². The number of hydrogen-bond donors (Lipinski definition) is 1. The molecular formula is C13H13BrN2. The van der Waals surface area contributed by atoms with Crippen LogP contribution < -0.4 is 5.32 Å². The second kappa shape index (κ2) is 5.77. The Labute approximate surface area is 104 Å². The number of rotatable bonds is 4. The number of hydrogen-bond acceptors (Lipinski definition) is 2. The van der Waals surface area contributed by atoms with Crippen LogP contribution in [0.5, 0.6) is 0 Å². The Kier molecular flexibility index (Phi) is 4.08. The van der Waals surface area contributed by atoms with E-state index in [2.05, 4.69) is 38.4 Å². The van der Waals surface area contributed by atoms with Gasteiger partial charge in [0.1, 0.15) is 0 Å². The van der Waals surface area contributed by atoms with Crippen LogP contribution in [0.2, 0.25) is 0 Å². The van der Waals surface area contributed by atoms with Gasteiger partial charge >= 0.3 is 0 Å². The molecule has 0 atom stereocenters. The molecular weight excluding hydrogens is 264 g/mol. The monoisotopic (exact) mass is 276 g/mol. The first-order valence-corrected chi connectivity index (χ1v) is 5.99. The van der Waals surface area contributed by atoms with Crippen LogP contribution >= 0.6 is 15.9 Å². The number of pyridine rings is 1. The molecule has 2 aromatic rings. The third kappa shape index (κ3) is 3.15. The second-order valence-corrected chi connectivity index (χ2v) is 4.38. The molecule has 0 aliphatic carbocycles. The van der Waals surface area contributed by atoms with Crippen LogP contribution in [0, 0.1) is 0 Å². The van der Waals surface area contributed by atoms with Crippen molar-refractivity contribution in [1.29, 1.82) is 0 Å². The van der Waals surface area contributed by atoms with E-state index >= 15 is 0 Å². The van der Waals surface area contributed by atoms with Crippen LogP contribution in [0.4, 0.5) is 0 Å². The van der Waals surface area contributed by atoms with Gasteiger partial charge in [-0.25, -0.2) is 0 Å². The number of nitrogens with zero attached hydrogens (tertiary/aromatic N) is 1. The van der Waals surface area contributed by atoms with E-state index in [1.165, 1.54) is 5.56 Å².